The van der Waals surface area contributed by atoms with Crippen molar-refractivity contribution in [3.8, 4) is 5.75 Å². The highest BCUT2D eigenvalue weighted by molar-refractivity contribution is 6.32. The minimum absolute atomic E-state index is 0.514. The van der Waals surface area contributed by atoms with Gasteiger partial charge in [0.2, 0.25) is 0 Å². The van der Waals surface area contributed by atoms with Crippen LogP contribution in [0.25, 0.3) is 0 Å². The number of nitrogens with two attached hydrogens (primary N) is 1. The molecule has 1 atom stereocenters. The Hall–Kier alpha value is -0.770. The first-order chi connectivity index (χ1) is 8.69. The zero-order valence-corrected chi connectivity index (χ0v) is 11.6. The molecule has 1 unspecified atom stereocenters. The lowest BCUT2D eigenvalue weighted by Gasteiger charge is -2.29. The Balaban J connectivity index is 1.92. The lowest BCUT2D eigenvalue weighted by molar-refractivity contribution is 0.150. The van der Waals surface area contributed by atoms with E-state index in [0.717, 1.165) is 24.5 Å². The zero-order valence-electron chi connectivity index (χ0n) is 10.9. The minimum atomic E-state index is 0.514. The first kappa shape index (κ1) is 13.7. The fourth-order valence-corrected chi connectivity index (χ4v) is 2.57. The van der Waals surface area contributed by atoms with Crippen LogP contribution in [0.15, 0.2) is 18.2 Å². The van der Waals surface area contributed by atoms with Crippen LogP contribution < -0.4 is 10.5 Å². The Morgan fingerprint density at radius 3 is 3.06 bits per heavy atom. The molecule has 0 amide bonds. The number of likely N-dealkylation sites (tertiary alicyclic amines) is 1. The Morgan fingerprint density at radius 1 is 1.50 bits per heavy atom. The number of nitrogens with zero attached hydrogens (tertiary/aromatic N) is 1. The molecular formula is C14H21ClN2O. The van der Waals surface area contributed by atoms with E-state index in [1.807, 2.05) is 18.2 Å². The Labute approximate surface area is 114 Å². The van der Waals surface area contributed by atoms with Gasteiger partial charge in [0, 0.05) is 19.0 Å². The summed E-state index contributed by atoms with van der Waals surface area (Å²) in [7, 11) is 2.16. The molecule has 1 aromatic rings. The number of piperidine rings is 1. The van der Waals surface area contributed by atoms with Crippen LogP contribution in [0.1, 0.15) is 18.4 Å². The van der Waals surface area contributed by atoms with Crippen LogP contribution >= 0.6 is 11.6 Å². The van der Waals surface area contributed by atoms with Crippen molar-refractivity contribution in [2.24, 2.45) is 11.7 Å². The summed E-state index contributed by atoms with van der Waals surface area (Å²) in [6.45, 7) is 3.55. The van der Waals surface area contributed by atoms with Crippen LogP contribution in [0.5, 0.6) is 5.75 Å². The third-order valence-electron chi connectivity index (χ3n) is 3.43. The molecule has 0 bridgehead atoms. The average Bonchev–Trinajstić information content (AvgIpc) is 2.38. The van der Waals surface area contributed by atoms with E-state index >= 15 is 0 Å². The largest absolute Gasteiger partial charge is 0.492 e. The van der Waals surface area contributed by atoms with Gasteiger partial charge < -0.3 is 15.4 Å². The average molecular weight is 269 g/mol. The van der Waals surface area contributed by atoms with Gasteiger partial charge in [-0.15, -0.1) is 0 Å². The van der Waals surface area contributed by atoms with Gasteiger partial charge in [-0.05, 0) is 44.1 Å². The van der Waals surface area contributed by atoms with Crippen molar-refractivity contribution in [3.05, 3.63) is 28.8 Å². The molecule has 4 heteroatoms. The van der Waals surface area contributed by atoms with E-state index in [2.05, 4.69) is 11.9 Å². The van der Waals surface area contributed by atoms with Crippen LogP contribution in [-0.2, 0) is 6.54 Å². The predicted molar refractivity (Wildman–Crippen MR) is 75.1 cm³/mol. The molecule has 18 heavy (non-hydrogen) atoms. The molecule has 0 spiro atoms. The standard InChI is InChI=1S/C14H21ClN2O/c1-17-6-2-3-12(9-17)10-18-14-7-11(8-16)4-5-13(14)15/h4-5,7,12H,2-3,6,8-10,16H2,1H3. The number of ether oxygens (including phenoxy) is 1. The smallest absolute Gasteiger partial charge is 0.138 e. The molecule has 0 aliphatic carbocycles. The van der Waals surface area contributed by atoms with Crippen molar-refractivity contribution in [2.75, 3.05) is 26.7 Å². The van der Waals surface area contributed by atoms with Crippen molar-refractivity contribution in [2.45, 2.75) is 19.4 Å². The highest BCUT2D eigenvalue weighted by Crippen LogP contribution is 2.26. The van der Waals surface area contributed by atoms with Crippen molar-refractivity contribution in [3.63, 3.8) is 0 Å². The lowest BCUT2D eigenvalue weighted by atomic mass is 9.99. The summed E-state index contributed by atoms with van der Waals surface area (Å²) in [5, 5.41) is 0.663. The van der Waals surface area contributed by atoms with Crippen molar-refractivity contribution in [1.82, 2.24) is 4.90 Å². The van der Waals surface area contributed by atoms with Crippen LogP contribution in [-0.4, -0.2) is 31.6 Å². The summed E-state index contributed by atoms with van der Waals surface area (Å²) in [5.74, 6) is 1.36. The number of hydrogen-bond acceptors (Lipinski definition) is 3. The third kappa shape index (κ3) is 3.61. The molecule has 1 saturated heterocycles. The van der Waals surface area contributed by atoms with Gasteiger partial charge in [0.15, 0.2) is 0 Å². The zero-order chi connectivity index (χ0) is 13.0. The molecule has 0 radical (unpaired) electrons. The molecule has 0 saturated carbocycles. The number of benzene rings is 1. The molecule has 1 aliphatic heterocycles. The second kappa shape index (κ2) is 6.41. The second-order valence-corrected chi connectivity index (χ2v) is 5.46. The molecule has 0 aromatic heterocycles. The normalized spacial score (nSPS) is 20.9. The Bertz CT molecular complexity index is 397. The van der Waals surface area contributed by atoms with E-state index in [4.69, 9.17) is 22.1 Å². The summed E-state index contributed by atoms with van der Waals surface area (Å²) in [6, 6.07) is 5.73. The van der Waals surface area contributed by atoms with E-state index in [1.54, 1.807) is 0 Å². The first-order valence-corrected chi connectivity index (χ1v) is 6.86. The summed E-state index contributed by atoms with van der Waals surface area (Å²) in [6.07, 6.45) is 2.49. The van der Waals surface area contributed by atoms with Gasteiger partial charge in [0.25, 0.3) is 0 Å². The first-order valence-electron chi connectivity index (χ1n) is 6.49. The third-order valence-corrected chi connectivity index (χ3v) is 3.74. The number of rotatable bonds is 4. The lowest BCUT2D eigenvalue weighted by Crippen LogP contribution is -2.34. The maximum atomic E-state index is 6.12. The molecule has 1 heterocycles. The van der Waals surface area contributed by atoms with Gasteiger partial charge in [-0.2, -0.15) is 0 Å². The van der Waals surface area contributed by atoms with Crippen LogP contribution in [0.2, 0.25) is 5.02 Å². The van der Waals surface area contributed by atoms with E-state index in [1.165, 1.54) is 19.4 Å². The summed E-state index contributed by atoms with van der Waals surface area (Å²) in [5.41, 5.74) is 6.67. The van der Waals surface area contributed by atoms with Gasteiger partial charge in [-0.1, -0.05) is 17.7 Å². The van der Waals surface area contributed by atoms with Gasteiger partial charge in [-0.3, -0.25) is 0 Å². The van der Waals surface area contributed by atoms with Crippen LogP contribution in [0.3, 0.4) is 0 Å². The molecule has 1 aliphatic rings. The fourth-order valence-electron chi connectivity index (χ4n) is 2.40. The summed E-state index contributed by atoms with van der Waals surface area (Å²) in [4.78, 5) is 2.36. The Morgan fingerprint density at radius 2 is 2.33 bits per heavy atom. The topological polar surface area (TPSA) is 38.5 Å². The maximum Gasteiger partial charge on any atom is 0.138 e. The molecule has 3 nitrogen and oxygen atoms in total. The monoisotopic (exact) mass is 268 g/mol. The van der Waals surface area contributed by atoms with Crippen LogP contribution in [0.4, 0.5) is 0 Å². The minimum Gasteiger partial charge on any atom is -0.492 e. The van der Waals surface area contributed by atoms with Gasteiger partial charge in [0.1, 0.15) is 5.75 Å². The Kier molecular flexibility index (Phi) is 4.87. The van der Waals surface area contributed by atoms with E-state index in [0.29, 0.717) is 17.5 Å². The van der Waals surface area contributed by atoms with Crippen molar-refractivity contribution < 1.29 is 4.74 Å². The highest BCUT2D eigenvalue weighted by Gasteiger charge is 2.18. The SMILES string of the molecule is CN1CCCC(COc2cc(CN)ccc2Cl)C1. The molecule has 2 rings (SSSR count). The molecule has 2 N–H and O–H groups in total. The molecule has 1 aromatic carbocycles. The quantitative estimate of drug-likeness (QED) is 0.912. The van der Waals surface area contributed by atoms with E-state index < -0.39 is 0 Å². The van der Waals surface area contributed by atoms with E-state index in [-0.39, 0.29) is 0 Å². The van der Waals surface area contributed by atoms with Gasteiger partial charge in [0.05, 0.1) is 11.6 Å². The fraction of sp³-hybridized carbons (Fsp3) is 0.571. The number of halogens is 1. The van der Waals surface area contributed by atoms with Crippen LogP contribution in [0, 0.1) is 5.92 Å². The van der Waals surface area contributed by atoms with Gasteiger partial charge in [-0.25, -0.2) is 0 Å². The van der Waals surface area contributed by atoms with E-state index in [9.17, 15) is 0 Å². The summed E-state index contributed by atoms with van der Waals surface area (Å²) >= 11 is 6.12. The van der Waals surface area contributed by atoms with Gasteiger partial charge >= 0.3 is 0 Å². The maximum absolute atomic E-state index is 6.12. The molecule has 100 valence electrons. The summed E-state index contributed by atoms with van der Waals surface area (Å²) < 4.78 is 5.85. The van der Waals surface area contributed by atoms with Crippen molar-refractivity contribution >= 4 is 11.6 Å². The molecular weight excluding hydrogens is 248 g/mol. The molecule has 1 fully saturated rings. The van der Waals surface area contributed by atoms with Crippen molar-refractivity contribution in [1.29, 1.82) is 0 Å². The second-order valence-electron chi connectivity index (χ2n) is 5.05. The predicted octanol–water partition coefficient (Wildman–Crippen LogP) is 2.52. The number of hydrogen-bond donors (Lipinski definition) is 1. The highest BCUT2D eigenvalue weighted by atomic mass is 35.5.